The first kappa shape index (κ1) is 21.9. The van der Waals surface area contributed by atoms with Gasteiger partial charge in [0.2, 0.25) is 5.95 Å². The van der Waals surface area contributed by atoms with Crippen LogP contribution in [0.1, 0.15) is 32.1 Å². The molecule has 3 heterocycles. The summed E-state index contributed by atoms with van der Waals surface area (Å²) < 4.78 is 35.0. The Balaban J connectivity index is 1.49. The van der Waals surface area contributed by atoms with Gasteiger partial charge in [0.05, 0.1) is 30.7 Å². The van der Waals surface area contributed by atoms with Gasteiger partial charge in [-0.25, -0.2) is 13.4 Å². The lowest BCUT2D eigenvalue weighted by Crippen LogP contribution is -2.32. The Morgan fingerprint density at radius 1 is 1.16 bits per heavy atom. The Morgan fingerprint density at radius 2 is 1.90 bits per heavy atom. The number of anilines is 2. The van der Waals surface area contributed by atoms with E-state index in [4.69, 9.17) is 15.2 Å². The number of ether oxygens (including phenoxy) is 2. The van der Waals surface area contributed by atoms with E-state index >= 15 is 0 Å². The van der Waals surface area contributed by atoms with Gasteiger partial charge < -0.3 is 25.4 Å². The molecule has 2 fully saturated rings. The predicted molar refractivity (Wildman–Crippen MR) is 122 cm³/mol. The average Bonchev–Trinajstić information content (AvgIpc) is 3.25. The van der Waals surface area contributed by atoms with Crippen molar-refractivity contribution >= 4 is 32.5 Å². The second-order valence-electron chi connectivity index (χ2n) is 8.27. The fraction of sp³-hybridized carbons (Fsp3) is 0.619. The lowest BCUT2D eigenvalue weighted by atomic mass is 10.1. The number of rotatable bonds is 8. The molecule has 0 atom stereocenters. The van der Waals surface area contributed by atoms with E-state index in [1.165, 1.54) is 25.9 Å². The normalized spacial score (nSPS) is 19.5. The number of sulfone groups is 1. The summed E-state index contributed by atoms with van der Waals surface area (Å²) in [7, 11) is -1.32. The molecule has 0 radical (unpaired) electrons. The molecule has 2 aromatic rings. The molecular formula is C21H31N5O4S. The highest BCUT2D eigenvalue weighted by atomic mass is 32.2. The first-order valence-corrected chi connectivity index (χ1v) is 12.7. The van der Waals surface area contributed by atoms with Gasteiger partial charge in [0, 0.05) is 24.0 Å². The van der Waals surface area contributed by atoms with Crippen LogP contribution >= 0.6 is 0 Å². The quantitative estimate of drug-likeness (QED) is 0.584. The number of nitrogens with one attached hydrogen (secondary N) is 1. The van der Waals surface area contributed by atoms with Crippen molar-refractivity contribution in [3.8, 4) is 11.5 Å². The second kappa shape index (κ2) is 9.44. The summed E-state index contributed by atoms with van der Waals surface area (Å²) in [6, 6.07) is 3.71. The molecule has 0 spiro atoms. The number of hydrogen-bond acceptors (Lipinski definition) is 9. The first-order chi connectivity index (χ1) is 14.9. The standard InChI is InChI=1S/C21H31N5O4S/c1-29-18-13-16-17(14-19(18)30-10-4-9-26-7-2-3-8-26)24-21(22)25-20(16)23-15-5-11-31(27,28)12-6-15/h13-15H,2-12H2,1H3,(H3,22,23,24,25). The Morgan fingerprint density at radius 3 is 2.61 bits per heavy atom. The van der Waals surface area contributed by atoms with Crippen molar-refractivity contribution in [2.45, 2.75) is 38.1 Å². The second-order valence-corrected chi connectivity index (χ2v) is 10.6. The molecule has 9 nitrogen and oxygen atoms in total. The highest BCUT2D eigenvalue weighted by Crippen LogP contribution is 2.35. The zero-order valence-electron chi connectivity index (χ0n) is 18.0. The van der Waals surface area contributed by atoms with Crippen LogP contribution in [-0.4, -0.2) is 74.2 Å². The van der Waals surface area contributed by atoms with Crippen LogP contribution in [0.15, 0.2) is 12.1 Å². The van der Waals surface area contributed by atoms with E-state index in [1.54, 1.807) is 7.11 Å². The highest BCUT2D eigenvalue weighted by molar-refractivity contribution is 7.91. The first-order valence-electron chi connectivity index (χ1n) is 10.9. The molecule has 3 N–H and O–H groups in total. The van der Waals surface area contributed by atoms with E-state index in [0.29, 0.717) is 42.3 Å². The number of methoxy groups -OCH3 is 1. The zero-order valence-corrected chi connectivity index (χ0v) is 18.8. The molecule has 0 saturated carbocycles. The van der Waals surface area contributed by atoms with Gasteiger partial charge in [0.25, 0.3) is 0 Å². The lowest BCUT2D eigenvalue weighted by Gasteiger charge is -2.24. The summed E-state index contributed by atoms with van der Waals surface area (Å²) in [4.78, 5) is 11.2. The summed E-state index contributed by atoms with van der Waals surface area (Å²) in [6.45, 7) is 3.99. The SMILES string of the molecule is COc1cc2c(NC3CCS(=O)(=O)CC3)nc(N)nc2cc1OCCCN1CCCC1. The van der Waals surface area contributed by atoms with Crippen molar-refractivity contribution in [3.05, 3.63) is 12.1 Å². The van der Waals surface area contributed by atoms with Crippen molar-refractivity contribution in [2.24, 2.45) is 0 Å². The average molecular weight is 450 g/mol. The number of hydrogen-bond donors (Lipinski definition) is 2. The Labute approximate surface area is 183 Å². The van der Waals surface area contributed by atoms with Crippen LogP contribution in [0, 0.1) is 0 Å². The van der Waals surface area contributed by atoms with E-state index in [0.717, 1.165) is 18.4 Å². The van der Waals surface area contributed by atoms with Gasteiger partial charge >= 0.3 is 0 Å². The number of nitrogen functional groups attached to an aromatic ring is 1. The van der Waals surface area contributed by atoms with Crippen LogP contribution in [-0.2, 0) is 9.84 Å². The molecule has 0 amide bonds. The number of nitrogens with zero attached hydrogens (tertiary/aromatic N) is 3. The molecule has 31 heavy (non-hydrogen) atoms. The Hall–Kier alpha value is -2.33. The van der Waals surface area contributed by atoms with Crippen LogP contribution in [0.25, 0.3) is 10.9 Å². The van der Waals surface area contributed by atoms with E-state index in [2.05, 4.69) is 20.2 Å². The fourth-order valence-corrected chi connectivity index (χ4v) is 5.73. The number of likely N-dealkylation sites (tertiary alicyclic amines) is 1. The van der Waals surface area contributed by atoms with E-state index in [-0.39, 0.29) is 23.5 Å². The predicted octanol–water partition coefficient (Wildman–Crippen LogP) is 2.07. The molecule has 2 aliphatic rings. The third-order valence-corrected chi connectivity index (χ3v) is 7.68. The number of aromatic nitrogens is 2. The minimum atomic E-state index is -2.93. The third kappa shape index (κ3) is 5.48. The van der Waals surface area contributed by atoms with Crippen LogP contribution < -0.4 is 20.5 Å². The molecule has 0 aliphatic carbocycles. The summed E-state index contributed by atoms with van der Waals surface area (Å²) in [5.74, 6) is 2.35. The molecule has 4 rings (SSSR count). The smallest absolute Gasteiger partial charge is 0.222 e. The van der Waals surface area contributed by atoms with Gasteiger partial charge in [0.15, 0.2) is 11.5 Å². The van der Waals surface area contributed by atoms with Crippen molar-refractivity contribution in [3.63, 3.8) is 0 Å². The van der Waals surface area contributed by atoms with Crippen LogP contribution in [0.4, 0.5) is 11.8 Å². The molecule has 10 heteroatoms. The summed E-state index contributed by atoms with van der Waals surface area (Å²) in [5.41, 5.74) is 6.61. The molecule has 2 saturated heterocycles. The molecule has 1 aromatic carbocycles. The molecule has 0 bridgehead atoms. The minimum absolute atomic E-state index is 0.0218. The maximum atomic E-state index is 11.7. The van der Waals surface area contributed by atoms with Crippen LogP contribution in [0.5, 0.6) is 11.5 Å². The van der Waals surface area contributed by atoms with E-state index in [1.807, 2.05) is 12.1 Å². The number of nitrogens with two attached hydrogens (primary N) is 1. The molecule has 1 aromatic heterocycles. The Kier molecular flexibility index (Phi) is 6.66. The van der Waals surface area contributed by atoms with Crippen molar-refractivity contribution < 1.29 is 17.9 Å². The highest BCUT2D eigenvalue weighted by Gasteiger charge is 2.24. The maximum absolute atomic E-state index is 11.7. The summed E-state index contributed by atoms with van der Waals surface area (Å²) >= 11 is 0. The van der Waals surface area contributed by atoms with E-state index < -0.39 is 9.84 Å². The summed E-state index contributed by atoms with van der Waals surface area (Å²) in [5, 5.41) is 4.13. The molecule has 170 valence electrons. The third-order valence-electron chi connectivity index (χ3n) is 5.97. The van der Waals surface area contributed by atoms with Crippen molar-refractivity contribution in [1.82, 2.24) is 14.9 Å². The minimum Gasteiger partial charge on any atom is -0.493 e. The van der Waals surface area contributed by atoms with Crippen LogP contribution in [0.3, 0.4) is 0 Å². The monoisotopic (exact) mass is 449 g/mol. The van der Waals surface area contributed by atoms with Crippen LogP contribution in [0.2, 0.25) is 0 Å². The molecular weight excluding hydrogens is 418 g/mol. The number of fused-ring (bicyclic) bond motifs is 1. The molecule has 2 aliphatic heterocycles. The van der Waals surface area contributed by atoms with Crippen molar-refractivity contribution in [2.75, 3.05) is 55.9 Å². The Bertz CT molecular complexity index is 1010. The maximum Gasteiger partial charge on any atom is 0.222 e. The lowest BCUT2D eigenvalue weighted by molar-refractivity contribution is 0.254. The van der Waals surface area contributed by atoms with Gasteiger partial charge in [-0.05, 0) is 51.3 Å². The number of benzene rings is 1. The van der Waals surface area contributed by atoms with Gasteiger partial charge in [-0.15, -0.1) is 0 Å². The summed E-state index contributed by atoms with van der Waals surface area (Å²) in [6.07, 6.45) is 4.61. The largest absolute Gasteiger partial charge is 0.493 e. The fourth-order valence-electron chi connectivity index (χ4n) is 4.24. The molecule has 0 unspecified atom stereocenters. The van der Waals surface area contributed by atoms with E-state index in [9.17, 15) is 8.42 Å². The van der Waals surface area contributed by atoms with Gasteiger partial charge in [-0.3, -0.25) is 0 Å². The topological polar surface area (TPSA) is 120 Å². The van der Waals surface area contributed by atoms with Gasteiger partial charge in [0.1, 0.15) is 15.7 Å². The zero-order chi connectivity index (χ0) is 21.8. The van der Waals surface area contributed by atoms with Gasteiger partial charge in [-0.2, -0.15) is 4.98 Å². The van der Waals surface area contributed by atoms with Gasteiger partial charge in [-0.1, -0.05) is 0 Å². The van der Waals surface area contributed by atoms with Crippen molar-refractivity contribution in [1.29, 1.82) is 0 Å².